The fourth-order valence-corrected chi connectivity index (χ4v) is 4.90. The molecule has 1 aromatic heterocycles. The first-order valence-corrected chi connectivity index (χ1v) is 13.9. The van der Waals surface area contributed by atoms with Crippen LogP contribution < -0.4 is 15.6 Å². The van der Waals surface area contributed by atoms with Gasteiger partial charge >= 0.3 is 5.97 Å². The monoisotopic (exact) mass is 641 g/mol. The molecule has 44 heavy (non-hydrogen) atoms. The van der Waals surface area contributed by atoms with E-state index in [-0.39, 0.29) is 17.9 Å². The highest BCUT2D eigenvalue weighted by Gasteiger charge is 2.32. The summed E-state index contributed by atoms with van der Waals surface area (Å²) in [6.07, 6.45) is 0.745. The Morgan fingerprint density at radius 3 is 2.27 bits per heavy atom. The molecule has 3 rings (SSSR count). The molecule has 0 saturated heterocycles. The molecule has 3 aromatic rings. The number of ketones is 1. The van der Waals surface area contributed by atoms with Gasteiger partial charge in [0.1, 0.15) is 24.3 Å². The quantitative estimate of drug-likeness (QED) is 0.166. The highest BCUT2D eigenvalue weighted by Crippen LogP contribution is 2.27. The van der Waals surface area contributed by atoms with Crippen LogP contribution in [0, 0.1) is 23.3 Å². The van der Waals surface area contributed by atoms with Crippen LogP contribution in [0.25, 0.3) is 10.8 Å². The van der Waals surface area contributed by atoms with E-state index in [9.17, 15) is 36.7 Å². The maximum Gasteiger partial charge on any atom is 0.308 e. The van der Waals surface area contributed by atoms with Crippen molar-refractivity contribution in [1.29, 1.82) is 0 Å². The maximum atomic E-state index is 14.1. The Kier molecular flexibility index (Phi) is 11.1. The number of carbonyl (C=O) groups is 3. The lowest BCUT2D eigenvalue weighted by molar-refractivity contribution is -0.159. The molecular weight excluding hydrogens is 610 g/mol. The van der Waals surface area contributed by atoms with Gasteiger partial charge in [-0.25, -0.2) is 8.78 Å². The SMILES string of the molecule is CC[C@@H](C(=O)NC(CC(=O)OC(C)(C)CN(C)C)C(=O)COc1c(F)c(F)cc(F)c1F)n1ccc2ccc(Cl)cc2c1=O. The number of esters is 1. The third kappa shape index (κ3) is 8.35. The zero-order valence-corrected chi connectivity index (χ0v) is 25.4. The summed E-state index contributed by atoms with van der Waals surface area (Å²) < 4.78 is 66.9. The molecule has 0 aliphatic heterocycles. The van der Waals surface area contributed by atoms with Crippen LogP contribution in [0.1, 0.15) is 39.7 Å². The zero-order chi connectivity index (χ0) is 32.9. The molecule has 0 radical (unpaired) electrons. The highest BCUT2D eigenvalue weighted by molar-refractivity contribution is 6.31. The summed E-state index contributed by atoms with van der Waals surface area (Å²) in [5, 5.41) is 3.52. The van der Waals surface area contributed by atoms with Gasteiger partial charge in [-0.2, -0.15) is 8.78 Å². The van der Waals surface area contributed by atoms with E-state index >= 15 is 0 Å². The maximum absolute atomic E-state index is 14.1. The molecule has 2 atom stereocenters. The summed E-state index contributed by atoms with van der Waals surface area (Å²) in [6, 6.07) is 3.43. The molecule has 1 N–H and O–H groups in total. The molecule has 1 heterocycles. The average Bonchev–Trinajstić information content (AvgIpc) is 2.92. The van der Waals surface area contributed by atoms with E-state index in [4.69, 9.17) is 21.1 Å². The molecule has 1 unspecified atom stereocenters. The number of pyridine rings is 1. The summed E-state index contributed by atoms with van der Waals surface area (Å²) in [5.74, 6) is -11.6. The first-order valence-electron chi connectivity index (χ1n) is 13.5. The number of benzene rings is 2. The Hall–Kier alpha value is -3.97. The predicted molar refractivity (Wildman–Crippen MR) is 155 cm³/mol. The topological polar surface area (TPSA) is 107 Å². The minimum absolute atomic E-state index is 0.0264. The molecule has 0 aliphatic carbocycles. The number of aromatic nitrogens is 1. The smallest absolute Gasteiger partial charge is 0.308 e. The zero-order valence-electron chi connectivity index (χ0n) is 24.7. The molecule has 0 bridgehead atoms. The van der Waals surface area contributed by atoms with Crippen LogP contribution in [0.4, 0.5) is 17.6 Å². The first-order chi connectivity index (χ1) is 20.5. The Balaban J connectivity index is 1.90. The van der Waals surface area contributed by atoms with Crippen LogP contribution in [0.5, 0.6) is 5.75 Å². The molecule has 14 heteroatoms. The van der Waals surface area contributed by atoms with Crippen molar-refractivity contribution in [1.82, 2.24) is 14.8 Å². The van der Waals surface area contributed by atoms with E-state index in [0.29, 0.717) is 17.0 Å². The van der Waals surface area contributed by atoms with Crippen molar-refractivity contribution in [3.63, 3.8) is 0 Å². The number of carbonyl (C=O) groups excluding carboxylic acids is 3. The number of likely N-dealkylation sites (N-methyl/N-ethyl adjacent to an activating group) is 1. The van der Waals surface area contributed by atoms with E-state index in [1.54, 1.807) is 58.0 Å². The number of hydrogen-bond acceptors (Lipinski definition) is 7. The van der Waals surface area contributed by atoms with Crippen LogP contribution in [0.15, 0.2) is 41.3 Å². The van der Waals surface area contributed by atoms with Crippen LogP contribution in [0.3, 0.4) is 0 Å². The molecular formula is C30H32ClF4N3O6. The van der Waals surface area contributed by atoms with E-state index < -0.39 is 82.9 Å². The molecule has 9 nitrogen and oxygen atoms in total. The molecule has 1 amide bonds. The fourth-order valence-electron chi connectivity index (χ4n) is 4.73. The lowest BCUT2D eigenvalue weighted by atomic mass is 10.1. The van der Waals surface area contributed by atoms with Gasteiger partial charge in [-0.05, 0) is 57.9 Å². The average molecular weight is 642 g/mol. The van der Waals surface area contributed by atoms with Gasteiger partial charge in [-0.1, -0.05) is 24.6 Å². The van der Waals surface area contributed by atoms with Crippen LogP contribution >= 0.6 is 11.6 Å². The Bertz CT molecular complexity index is 1600. The van der Waals surface area contributed by atoms with Gasteiger partial charge in [0.25, 0.3) is 5.56 Å². The summed E-state index contributed by atoms with van der Waals surface area (Å²) in [7, 11) is 3.50. The van der Waals surface area contributed by atoms with Gasteiger partial charge in [0.2, 0.25) is 17.5 Å². The largest absolute Gasteiger partial charge is 0.479 e. The van der Waals surface area contributed by atoms with Gasteiger partial charge < -0.3 is 24.3 Å². The number of amides is 1. The predicted octanol–water partition coefficient (Wildman–Crippen LogP) is 4.57. The highest BCUT2D eigenvalue weighted by atomic mass is 35.5. The number of hydrogen-bond donors (Lipinski definition) is 1. The molecule has 238 valence electrons. The number of rotatable bonds is 13. The van der Waals surface area contributed by atoms with Crippen molar-refractivity contribution in [2.24, 2.45) is 0 Å². The van der Waals surface area contributed by atoms with Crippen LogP contribution in [-0.2, 0) is 19.1 Å². The van der Waals surface area contributed by atoms with Crippen molar-refractivity contribution >= 4 is 40.0 Å². The fraction of sp³-hybridized carbons (Fsp3) is 0.400. The molecule has 0 saturated carbocycles. The summed E-state index contributed by atoms with van der Waals surface area (Å²) in [5.41, 5.74) is -1.55. The Morgan fingerprint density at radius 1 is 1.05 bits per heavy atom. The molecule has 2 aromatic carbocycles. The van der Waals surface area contributed by atoms with E-state index in [2.05, 4.69) is 5.32 Å². The third-order valence-corrected chi connectivity index (χ3v) is 6.75. The Labute approximate surface area is 255 Å². The Morgan fingerprint density at radius 2 is 1.68 bits per heavy atom. The van der Waals surface area contributed by atoms with Gasteiger partial charge in [0, 0.05) is 29.2 Å². The number of halogens is 5. The molecule has 0 aliphatic rings. The lowest BCUT2D eigenvalue weighted by Crippen LogP contribution is -2.49. The van der Waals surface area contributed by atoms with Gasteiger partial charge in [-0.15, -0.1) is 0 Å². The number of ether oxygens (including phenoxy) is 2. The molecule has 0 spiro atoms. The molecule has 0 fully saturated rings. The second kappa shape index (κ2) is 14.2. The van der Waals surface area contributed by atoms with E-state index in [1.807, 2.05) is 0 Å². The van der Waals surface area contributed by atoms with E-state index in [0.717, 1.165) is 4.57 Å². The van der Waals surface area contributed by atoms with Crippen molar-refractivity contribution in [3.05, 3.63) is 75.2 Å². The number of nitrogens with zero attached hydrogens (tertiary/aromatic N) is 2. The standard InChI is InChI=1S/C30H32ClF4N3O6/c1-6-22(38-10-9-16-7-8-17(31)11-18(16)29(38)42)28(41)36-21(13-24(40)44-30(2,3)15-37(4)5)23(39)14-43-27-25(34)19(32)12-20(33)26(27)35/h7-12,21-22H,6,13-15H2,1-5H3,(H,36,41)/t21?,22-/m0/s1. The van der Waals surface area contributed by atoms with Crippen LogP contribution in [0.2, 0.25) is 5.02 Å². The minimum atomic E-state index is -1.87. The third-order valence-electron chi connectivity index (χ3n) is 6.51. The normalized spacial score (nSPS) is 13.1. The number of nitrogens with one attached hydrogen (secondary N) is 1. The van der Waals surface area contributed by atoms with Crippen molar-refractivity contribution in [2.45, 2.75) is 51.3 Å². The second-order valence-electron chi connectivity index (χ2n) is 11.0. The van der Waals surface area contributed by atoms with Crippen LogP contribution in [-0.4, -0.2) is 66.0 Å². The van der Waals surface area contributed by atoms with Crippen molar-refractivity contribution < 1.29 is 41.4 Å². The van der Waals surface area contributed by atoms with Gasteiger partial charge in [0.05, 0.1) is 6.42 Å². The summed E-state index contributed by atoms with van der Waals surface area (Å²) in [4.78, 5) is 54.5. The van der Waals surface area contributed by atoms with Crippen molar-refractivity contribution in [3.8, 4) is 5.75 Å². The van der Waals surface area contributed by atoms with Gasteiger partial charge in [-0.3, -0.25) is 19.2 Å². The lowest BCUT2D eigenvalue weighted by Gasteiger charge is -2.29. The van der Waals surface area contributed by atoms with E-state index in [1.165, 1.54) is 12.3 Å². The number of Topliss-reactive ketones (excluding diaryl/α,β-unsaturated/α-hetero) is 1. The number of fused-ring (bicyclic) bond motifs is 1. The van der Waals surface area contributed by atoms with Gasteiger partial charge in [0.15, 0.2) is 23.2 Å². The van der Waals surface area contributed by atoms with Crippen molar-refractivity contribution in [2.75, 3.05) is 27.2 Å². The minimum Gasteiger partial charge on any atom is -0.479 e. The summed E-state index contributed by atoms with van der Waals surface area (Å²) >= 11 is 6.04. The second-order valence-corrected chi connectivity index (χ2v) is 11.4. The first kappa shape index (κ1) is 34.5. The summed E-state index contributed by atoms with van der Waals surface area (Å²) in [6.45, 7) is 3.99.